The fourth-order valence-corrected chi connectivity index (χ4v) is 1.41. The Morgan fingerprint density at radius 2 is 1.73 bits per heavy atom. The number of hydrogen-bond donors (Lipinski definition) is 0. The van der Waals surface area contributed by atoms with Crippen molar-refractivity contribution < 1.29 is 14.2 Å². The maximum atomic E-state index is 5.21. The minimum Gasteiger partial charge on any atom is -0.493 e. The Labute approximate surface area is 90.3 Å². The van der Waals surface area contributed by atoms with Gasteiger partial charge in [-0.2, -0.15) is 0 Å². The third-order valence-electron chi connectivity index (χ3n) is 2.17. The predicted octanol–water partition coefficient (Wildman–Crippen LogP) is 2.49. The smallest absolute Gasteiger partial charge is 0.161 e. The molecule has 1 aromatic carbocycles. The van der Waals surface area contributed by atoms with Crippen molar-refractivity contribution in [1.82, 2.24) is 0 Å². The normalized spacial score (nSPS) is 9.80. The second kappa shape index (κ2) is 5.41. The second-order valence-corrected chi connectivity index (χ2v) is 3.04. The fraction of sp³-hybridized carbons (Fsp3) is 0.333. The number of benzene rings is 1. The van der Waals surface area contributed by atoms with Crippen LogP contribution in [0.15, 0.2) is 18.7 Å². The first-order valence-electron chi connectivity index (χ1n) is 4.63. The standard InChI is InChI=1S/C12H16O3/c1-5-9-6-11(14-3)12(15-4)7-10(9)8-13-2/h5-7H,1,8H2,2-4H3. The van der Waals surface area contributed by atoms with Crippen LogP contribution in [0.2, 0.25) is 0 Å². The van der Waals surface area contributed by atoms with Gasteiger partial charge in [0.1, 0.15) is 0 Å². The first-order valence-corrected chi connectivity index (χ1v) is 4.63. The quantitative estimate of drug-likeness (QED) is 0.744. The predicted molar refractivity (Wildman–Crippen MR) is 60.4 cm³/mol. The van der Waals surface area contributed by atoms with Crippen LogP contribution in [0, 0.1) is 0 Å². The van der Waals surface area contributed by atoms with Crippen LogP contribution in [-0.2, 0) is 11.3 Å². The van der Waals surface area contributed by atoms with Gasteiger partial charge in [-0.1, -0.05) is 12.7 Å². The Hall–Kier alpha value is -1.48. The Morgan fingerprint density at radius 1 is 1.13 bits per heavy atom. The summed E-state index contributed by atoms with van der Waals surface area (Å²) in [6, 6.07) is 3.79. The summed E-state index contributed by atoms with van der Waals surface area (Å²) in [6.07, 6.45) is 1.77. The summed E-state index contributed by atoms with van der Waals surface area (Å²) in [5, 5.41) is 0. The minimum atomic E-state index is 0.529. The highest BCUT2D eigenvalue weighted by Gasteiger charge is 2.08. The zero-order valence-corrected chi connectivity index (χ0v) is 9.37. The zero-order chi connectivity index (χ0) is 11.3. The van der Waals surface area contributed by atoms with Gasteiger partial charge >= 0.3 is 0 Å². The molecule has 0 N–H and O–H groups in total. The van der Waals surface area contributed by atoms with Crippen LogP contribution in [0.25, 0.3) is 6.08 Å². The van der Waals surface area contributed by atoms with E-state index in [9.17, 15) is 0 Å². The van der Waals surface area contributed by atoms with Crippen LogP contribution >= 0.6 is 0 Å². The number of rotatable bonds is 5. The maximum absolute atomic E-state index is 5.21. The van der Waals surface area contributed by atoms with Crippen molar-refractivity contribution in [1.29, 1.82) is 0 Å². The van der Waals surface area contributed by atoms with Crippen molar-refractivity contribution in [3.05, 3.63) is 29.8 Å². The van der Waals surface area contributed by atoms with E-state index in [4.69, 9.17) is 14.2 Å². The van der Waals surface area contributed by atoms with Crippen molar-refractivity contribution in [3.63, 3.8) is 0 Å². The van der Waals surface area contributed by atoms with Gasteiger partial charge in [0.15, 0.2) is 11.5 Å². The van der Waals surface area contributed by atoms with Crippen molar-refractivity contribution in [2.45, 2.75) is 6.61 Å². The van der Waals surface area contributed by atoms with Gasteiger partial charge in [0.2, 0.25) is 0 Å². The van der Waals surface area contributed by atoms with E-state index in [-0.39, 0.29) is 0 Å². The molecule has 0 saturated carbocycles. The molecule has 0 atom stereocenters. The summed E-state index contributed by atoms with van der Waals surface area (Å²) in [5.74, 6) is 1.41. The molecule has 1 rings (SSSR count). The lowest BCUT2D eigenvalue weighted by Crippen LogP contribution is -1.97. The van der Waals surface area contributed by atoms with E-state index in [0.29, 0.717) is 18.1 Å². The monoisotopic (exact) mass is 208 g/mol. The highest BCUT2D eigenvalue weighted by atomic mass is 16.5. The molecule has 3 nitrogen and oxygen atoms in total. The molecule has 0 aliphatic carbocycles. The first kappa shape index (κ1) is 11.6. The van der Waals surface area contributed by atoms with E-state index < -0.39 is 0 Å². The Balaban J connectivity index is 3.20. The highest BCUT2D eigenvalue weighted by molar-refractivity contribution is 5.59. The molecule has 0 fully saturated rings. The van der Waals surface area contributed by atoms with Crippen LogP contribution in [0.3, 0.4) is 0 Å². The van der Waals surface area contributed by atoms with Crippen LogP contribution in [0.5, 0.6) is 11.5 Å². The molecule has 15 heavy (non-hydrogen) atoms. The number of ether oxygens (including phenoxy) is 3. The molecule has 0 spiro atoms. The van der Waals surface area contributed by atoms with Gasteiger partial charge in [0.25, 0.3) is 0 Å². The van der Waals surface area contributed by atoms with Crippen LogP contribution in [0.4, 0.5) is 0 Å². The van der Waals surface area contributed by atoms with Gasteiger partial charge in [-0.15, -0.1) is 0 Å². The zero-order valence-electron chi connectivity index (χ0n) is 9.37. The Bertz CT molecular complexity index is 345. The average molecular weight is 208 g/mol. The lowest BCUT2D eigenvalue weighted by Gasteiger charge is -2.12. The SMILES string of the molecule is C=Cc1cc(OC)c(OC)cc1COC. The number of hydrogen-bond acceptors (Lipinski definition) is 3. The third kappa shape index (κ3) is 2.50. The molecular formula is C12H16O3. The molecule has 0 aliphatic heterocycles. The minimum absolute atomic E-state index is 0.529. The van der Waals surface area contributed by atoms with Crippen molar-refractivity contribution >= 4 is 6.08 Å². The van der Waals surface area contributed by atoms with Gasteiger partial charge in [-0.3, -0.25) is 0 Å². The van der Waals surface area contributed by atoms with E-state index >= 15 is 0 Å². The van der Waals surface area contributed by atoms with Gasteiger partial charge in [0.05, 0.1) is 20.8 Å². The Morgan fingerprint density at radius 3 is 2.20 bits per heavy atom. The molecule has 0 aromatic heterocycles. The maximum Gasteiger partial charge on any atom is 0.161 e. The van der Waals surface area contributed by atoms with E-state index in [1.54, 1.807) is 27.4 Å². The topological polar surface area (TPSA) is 27.7 Å². The van der Waals surface area contributed by atoms with Gasteiger partial charge < -0.3 is 14.2 Å². The summed E-state index contributed by atoms with van der Waals surface area (Å²) in [7, 11) is 4.88. The summed E-state index contributed by atoms with van der Waals surface area (Å²) in [6.45, 7) is 4.28. The Kier molecular flexibility index (Phi) is 4.18. The molecule has 0 radical (unpaired) electrons. The second-order valence-electron chi connectivity index (χ2n) is 3.04. The van der Waals surface area contributed by atoms with E-state index in [2.05, 4.69) is 6.58 Å². The van der Waals surface area contributed by atoms with Gasteiger partial charge in [0, 0.05) is 7.11 Å². The highest BCUT2D eigenvalue weighted by Crippen LogP contribution is 2.31. The summed E-state index contributed by atoms with van der Waals surface area (Å²) < 4.78 is 15.5. The summed E-state index contributed by atoms with van der Waals surface area (Å²) in [5.41, 5.74) is 2.03. The largest absolute Gasteiger partial charge is 0.493 e. The molecule has 1 aromatic rings. The average Bonchev–Trinajstić information content (AvgIpc) is 2.28. The molecule has 0 unspecified atom stereocenters. The molecule has 0 aliphatic rings. The van der Waals surface area contributed by atoms with Crippen LogP contribution < -0.4 is 9.47 Å². The fourth-order valence-electron chi connectivity index (χ4n) is 1.41. The van der Waals surface area contributed by atoms with Gasteiger partial charge in [-0.05, 0) is 23.3 Å². The van der Waals surface area contributed by atoms with Gasteiger partial charge in [-0.25, -0.2) is 0 Å². The molecule has 0 bridgehead atoms. The molecular weight excluding hydrogens is 192 g/mol. The number of methoxy groups -OCH3 is 3. The van der Waals surface area contributed by atoms with E-state index in [1.807, 2.05) is 12.1 Å². The van der Waals surface area contributed by atoms with Crippen LogP contribution in [0.1, 0.15) is 11.1 Å². The van der Waals surface area contributed by atoms with Crippen molar-refractivity contribution in [3.8, 4) is 11.5 Å². The van der Waals surface area contributed by atoms with E-state index in [1.165, 1.54) is 0 Å². The molecule has 0 saturated heterocycles. The summed E-state index contributed by atoms with van der Waals surface area (Å²) >= 11 is 0. The first-order chi connectivity index (χ1) is 7.26. The third-order valence-corrected chi connectivity index (χ3v) is 2.17. The molecule has 0 amide bonds. The van der Waals surface area contributed by atoms with Crippen LogP contribution in [-0.4, -0.2) is 21.3 Å². The van der Waals surface area contributed by atoms with E-state index in [0.717, 1.165) is 11.1 Å². The van der Waals surface area contributed by atoms with Crippen molar-refractivity contribution in [2.75, 3.05) is 21.3 Å². The lowest BCUT2D eigenvalue weighted by atomic mass is 10.1. The molecule has 82 valence electrons. The lowest BCUT2D eigenvalue weighted by molar-refractivity contribution is 0.184. The molecule has 3 heteroatoms. The molecule has 0 heterocycles. The summed E-state index contributed by atoms with van der Waals surface area (Å²) in [4.78, 5) is 0. The van der Waals surface area contributed by atoms with Crippen molar-refractivity contribution in [2.24, 2.45) is 0 Å².